The van der Waals surface area contributed by atoms with Crippen LogP contribution in [0, 0.1) is 0 Å². The van der Waals surface area contributed by atoms with Crippen LogP contribution in [0.25, 0.3) is 0 Å². The highest BCUT2D eigenvalue weighted by atomic mass is 16.6. The summed E-state index contributed by atoms with van der Waals surface area (Å²) < 4.78 is 16.1. The summed E-state index contributed by atoms with van der Waals surface area (Å²) in [5, 5.41) is 0. The smallest absolute Gasteiger partial charge is 0.309 e. The molecule has 1 unspecified atom stereocenters. The van der Waals surface area contributed by atoms with Gasteiger partial charge < -0.3 is 14.2 Å². The zero-order valence-corrected chi connectivity index (χ0v) is 12.7. The molecule has 0 N–H and O–H groups in total. The molecule has 1 rings (SSSR count). The summed E-state index contributed by atoms with van der Waals surface area (Å²) in [4.78, 5) is 11.7. The zero-order chi connectivity index (χ0) is 15.0. The summed E-state index contributed by atoms with van der Waals surface area (Å²) in [5.74, 6) is -0.271. The van der Waals surface area contributed by atoms with Crippen LogP contribution in [0.15, 0.2) is 30.3 Å². The first-order valence-electron chi connectivity index (χ1n) is 6.77. The first kappa shape index (κ1) is 16.7. The molecule has 0 aliphatic carbocycles. The van der Waals surface area contributed by atoms with Gasteiger partial charge in [-0.05, 0) is 26.3 Å². The molecule has 0 fully saturated rings. The molecule has 0 heterocycles. The van der Waals surface area contributed by atoms with E-state index in [0.717, 1.165) is 5.56 Å². The van der Waals surface area contributed by atoms with Gasteiger partial charge in [0.15, 0.2) is 0 Å². The predicted octanol–water partition coefficient (Wildman–Crippen LogP) is 2.95. The van der Waals surface area contributed by atoms with E-state index in [4.69, 9.17) is 14.2 Å². The molecular formula is C16H24O4. The van der Waals surface area contributed by atoms with Crippen LogP contribution >= 0.6 is 0 Å². The second-order valence-corrected chi connectivity index (χ2v) is 5.65. The Morgan fingerprint density at radius 2 is 1.85 bits per heavy atom. The summed E-state index contributed by atoms with van der Waals surface area (Å²) in [6.07, 6.45) is -0.0868. The molecule has 20 heavy (non-hydrogen) atoms. The molecule has 112 valence electrons. The van der Waals surface area contributed by atoms with Crippen molar-refractivity contribution >= 4 is 5.97 Å². The quantitative estimate of drug-likeness (QED) is 0.720. The van der Waals surface area contributed by atoms with Crippen molar-refractivity contribution in [3.8, 4) is 0 Å². The number of hydrogen-bond donors (Lipinski definition) is 0. The van der Waals surface area contributed by atoms with Crippen molar-refractivity contribution in [1.82, 2.24) is 0 Å². The minimum atomic E-state index is -0.472. The summed E-state index contributed by atoms with van der Waals surface area (Å²) in [6, 6.07) is 9.88. The molecule has 4 nitrogen and oxygen atoms in total. The molecule has 0 spiro atoms. The van der Waals surface area contributed by atoms with Crippen molar-refractivity contribution in [2.75, 3.05) is 13.7 Å². The maximum Gasteiger partial charge on any atom is 0.309 e. The van der Waals surface area contributed by atoms with E-state index in [9.17, 15) is 4.79 Å². The van der Waals surface area contributed by atoms with Gasteiger partial charge in [0.25, 0.3) is 0 Å². The summed E-state index contributed by atoms with van der Waals surface area (Å²) in [5.41, 5.74) is 0.625. The van der Waals surface area contributed by atoms with E-state index >= 15 is 0 Å². The Bertz CT molecular complexity index is 395. The second kappa shape index (κ2) is 8.02. The molecule has 0 amide bonds. The van der Waals surface area contributed by atoms with Crippen LogP contribution in [0.1, 0.15) is 32.8 Å². The molecule has 1 aromatic carbocycles. The molecule has 0 aromatic heterocycles. The number of rotatable bonds is 7. The number of hydrogen-bond acceptors (Lipinski definition) is 4. The topological polar surface area (TPSA) is 44.8 Å². The molecule has 1 atom stereocenters. The maximum absolute atomic E-state index is 11.7. The van der Waals surface area contributed by atoms with E-state index in [1.165, 1.54) is 0 Å². The lowest BCUT2D eigenvalue weighted by Crippen LogP contribution is -2.29. The monoisotopic (exact) mass is 280 g/mol. The summed E-state index contributed by atoms with van der Waals surface area (Å²) in [7, 11) is 1.57. The number of esters is 1. The van der Waals surface area contributed by atoms with Gasteiger partial charge in [-0.15, -0.1) is 0 Å². The highest BCUT2D eigenvalue weighted by molar-refractivity contribution is 5.70. The zero-order valence-electron chi connectivity index (χ0n) is 12.7. The largest absolute Gasteiger partial charge is 0.460 e. The fourth-order valence-corrected chi connectivity index (χ4v) is 1.66. The number of carbonyl (C=O) groups excluding carboxylic acids is 1. The van der Waals surface area contributed by atoms with E-state index in [-0.39, 0.29) is 18.5 Å². The average Bonchev–Trinajstić information content (AvgIpc) is 2.36. The Morgan fingerprint density at radius 3 is 2.40 bits per heavy atom. The fraction of sp³-hybridized carbons (Fsp3) is 0.562. The molecule has 0 saturated carbocycles. The number of methoxy groups -OCH3 is 1. The lowest BCUT2D eigenvalue weighted by atomic mass is 10.2. The third-order valence-electron chi connectivity index (χ3n) is 2.56. The summed E-state index contributed by atoms with van der Waals surface area (Å²) in [6.45, 7) is 6.41. The Hall–Kier alpha value is -1.39. The molecule has 0 radical (unpaired) electrons. The van der Waals surface area contributed by atoms with Gasteiger partial charge in [0.1, 0.15) is 5.60 Å². The van der Waals surface area contributed by atoms with E-state index in [2.05, 4.69) is 0 Å². The van der Waals surface area contributed by atoms with Crippen molar-refractivity contribution in [2.24, 2.45) is 0 Å². The lowest BCUT2D eigenvalue weighted by Gasteiger charge is -2.21. The molecular weight excluding hydrogens is 256 g/mol. The van der Waals surface area contributed by atoms with E-state index < -0.39 is 5.60 Å². The normalized spacial score (nSPS) is 13.0. The van der Waals surface area contributed by atoms with Crippen molar-refractivity contribution < 1.29 is 19.0 Å². The molecule has 1 aromatic rings. The van der Waals surface area contributed by atoms with Crippen molar-refractivity contribution in [3.63, 3.8) is 0 Å². The van der Waals surface area contributed by atoms with Gasteiger partial charge in [-0.25, -0.2) is 0 Å². The Kier molecular flexibility index (Phi) is 6.68. The molecule has 4 heteroatoms. The van der Waals surface area contributed by atoms with Crippen LogP contribution < -0.4 is 0 Å². The van der Waals surface area contributed by atoms with Gasteiger partial charge in [0, 0.05) is 7.11 Å². The first-order chi connectivity index (χ1) is 9.40. The molecule has 0 saturated heterocycles. The average molecular weight is 280 g/mol. The Morgan fingerprint density at radius 1 is 1.20 bits per heavy atom. The molecule has 0 aliphatic rings. The van der Waals surface area contributed by atoms with Gasteiger partial charge in [0.05, 0.1) is 25.7 Å². The van der Waals surface area contributed by atoms with Crippen LogP contribution in [-0.4, -0.2) is 31.4 Å². The fourth-order valence-electron chi connectivity index (χ4n) is 1.66. The SMILES string of the molecule is COC(COCc1ccccc1)CC(=O)OC(C)(C)C. The van der Waals surface area contributed by atoms with Gasteiger partial charge in [-0.3, -0.25) is 4.79 Å². The van der Waals surface area contributed by atoms with Gasteiger partial charge in [-0.1, -0.05) is 30.3 Å². The molecule has 0 aliphatic heterocycles. The Labute approximate surface area is 121 Å². The van der Waals surface area contributed by atoms with E-state index in [0.29, 0.717) is 13.2 Å². The van der Waals surface area contributed by atoms with Gasteiger partial charge in [-0.2, -0.15) is 0 Å². The third-order valence-corrected chi connectivity index (χ3v) is 2.56. The number of ether oxygens (including phenoxy) is 3. The highest BCUT2D eigenvalue weighted by Gasteiger charge is 2.20. The summed E-state index contributed by atoms with van der Waals surface area (Å²) >= 11 is 0. The number of benzene rings is 1. The second-order valence-electron chi connectivity index (χ2n) is 5.65. The predicted molar refractivity (Wildman–Crippen MR) is 77.4 cm³/mol. The Balaban J connectivity index is 2.31. The van der Waals surface area contributed by atoms with Crippen LogP contribution in [0.5, 0.6) is 0 Å². The standard InChI is InChI=1S/C16H24O4/c1-16(2,3)20-15(17)10-14(18-4)12-19-11-13-8-6-5-7-9-13/h5-9,14H,10-12H2,1-4H3. The van der Waals surface area contributed by atoms with Crippen molar-refractivity contribution in [1.29, 1.82) is 0 Å². The number of carbonyl (C=O) groups is 1. The van der Waals surface area contributed by atoms with Crippen molar-refractivity contribution in [3.05, 3.63) is 35.9 Å². The van der Waals surface area contributed by atoms with Gasteiger partial charge >= 0.3 is 5.97 Å². The minimum Gasteiger partial charge on any atom is -0.460 e. The van der Waals surface area contributed by atoms with Crippen LogP contribution in [-0.2, 0) is 25.6 Å². The lowest BCUT2D eigenvalue weighted by molar-refractivity contribution is -0.158. The van der Waals surface area contributed by atoms with E-state index in [1.807, 2.05) is 51.1 Å². The van der Waals surface area contributed by atoms with Crippen LogP contribution in [0.3, 0.4) is 0 Å². The third kappa shape index (κ3) is 7.26. The molecule has 0 bridgehead atoms. The van der Waals surface area contributed by atoms with E-state index in [1.54, 1.807) is 7.11 Å². The minimum absolute atomic E-state index is 0.197. The first-order valence-corrected chi connectivity index (χ1v) is 6.77. The van der Waals surface area contributed by atoms with Crippen LogP contribution in [0.2, 0.25) is 0 Å². The van der Waals surface area contributed by atoms with Crippen molar-refractivity contribution in [2.45, 2.75) is 45.5 Å². The highest BCUT2D eigenvalue weighted by Crippen LogP contribution is 2.11. The van der Waals surface area contributed by atoms with Crippen LogP contribution in [0.4, 0.5) is 0 Å². The maximum atomic E-state index is 11.7. The van der Waals surface area contributed by atoms with Gasteiger partial charge in [0.2, 0.25) is 0 Å².